The topological polar surface area (TPSA) is 41.1 Å². The van der Waals surface area contributed by atoms with Gasteiger partial charge in [-0.15, -0.1) is 0 Å². The highest BCUT2D eigenvalue weighted by Crippen LogP contribution is 1.97. The number of rotatable bonds is 5. The summed E-state index contributed by atoms with van der Waals surface area (Å²) in [4.78, 5) is 10.8. The lowest BCUT2D eigenvalue weighted by Gasteiger charge is -2.03. The molecule has 0 saturated heterocycles. The molecule has 76 valence electrons. The van der Waals surface area contributed by atoms with E-state index in [9.17, 15) is 4.79 Å². The normalized spacial score (nSPS) is 9.79. The van der Waals surface area contributed by atoms with Gasteiger partial charge >= 0.3 is 0 Å². The summed E-state index contributed by atoms with van der Waals surface area (Å²) in [5.74, 6) is 0.0260. The molecule has 2 N–H and O–H groups in total. The van der Waals surface area contributed by atoms with Crippen molar-refractivity contribution >= 4 is 5.91 Å². The number of benzene rings is 1. The van der Waals surface area contributed by atoms with Crippen LogP contribution in [0.25, 0.3) is 0 Å². The highest BCUT2D eigenvalue weighted by atomic mass is 16.1. The molecule has 3 nitrogen and oxygen atoms in total. The molecular formula is C11H16N2O. The van der Waals surface area contributed by atoms with Crippen molar-refractivity contribution in [1.82, 2.24) is 10.6 Å². The van der Waals surface area contributed by atoms with Gasteiger partial charge in [-0.05, 0) is 18.5 Å². The van der Waals surface area contributed by atoms with E-state index in [-0.39, 0.29) is 5.91 Å². The molecule has 0 aliphatic rings. The zero-order valence-corrected chi connectivity index (χ0v) is 8.42. The summed E-state index contributed by atoms with van der Waals surface area (Å²) in [5.41, 5.74) is 1.29. The van der Waals surface area contributed by atoms with Crippen molar-refractivity contribution < 1.29 is 4.79 Å². The van der Waals surface area contributed by atoms with Crippen molar-refractivity contribution in [3.8, 4) is 0 Å². The standard InChI is InChI=1S/C11H16N2O/c1-12-11(14)9-13-8-7-10-5-3-2-4-6-10/h2-6,13H,7-9H2,1H3,(H,12,14). The predicted octanol–water partition coefficient (Wildman–Crippen LogP) is 0.565. The smallest absolute Gasteiger partial charge is 0.233 e. The first-order valence-electron chi connectivity index (χ1n) is 4.78. The van der Waals surface area contributed by atoms with Crippen LogP contribution in [0.2, 0.25) is 0 Å². The lowest BCUT2D eigenvalue weighted by Crippen LogP contribution is -2.32. The molecule has 0 aromatic heterocycles. The molecule has 0 radical (unpaired) electrons. The van der Waals surface area contributed by atoms with E-state index in [1.807, 2.05) is 18.2 Å². The van der Waals surface area contributed by atoms with Crippen LogP contribution in [0.1, 0.15) is 5.56 Å². The van der Waals surface area contributed by atoms with Crippen molar-refractivity contribution in [1.29, 1.82) is 0 Å². The lowest BCUT2D eigenvalue weighted by molar-refractivity contribution is -0.119. The van der Waals surface area contributed by atoms with Gasteiger partial charge in [0.25, 0.3) is 0 Å². The van der Waals surface area contributed by atoms with Crippen molar-refractivity contribution in [3.63, 3.8) is 0 Å². The van der Waals surface area contributed by atoms with Crippen LogP contribution in [0.5, 0.6) is 0 Å². The van der Waals surface area contributed by atoms with E-state index in [2.05, 4.69) is 22.8 Å². The molecular weight excluding hydrogens is 176 g/mol. The zero-order chi connectivity index (χ0) is 10.2. The van der Waals surface area contributed by atoms with Crippen LogP contribution in [0.3, 0.4) is 0 Å². The van der Waals surface area contributed by atoms with Gasteiger partial charge < -0.3 is 10.6 Å². The Kier molecular flexibility index (Phi) is 4.72. The Bertz CT molecular complexity index is 272. The van der Waals surface area contributed by atoms with Gasteiger partial charge in [0, 0.05) is 7.05 Å². The van der Waals surface area contributed by atoms with E-state index in [1.165, 1.54) is 5.56 Å². The van der Waals surface area contributed by atoms with Gasteiger partial charge in [0.05, 0.1) is 6.54 Å². The average Bonchev–Trinajstić information content (AvgIpc) is 2.25. The summed E-state index contributed by atoms with van der Waals surface area (Å²) in [6, 6.07) is 10.2. The average molecular weight is 192 g/mol. The zero-order valence-electron chi connectivity index (χ0n) is 8.42. The number of hydrogen-bond donors (Lipinski definition) is 2. The molecule has 0 atom stereocenters. The summed E-state index contributed by atoms with van der Waals surface area (Å²) in [6.07, 6.45) is 0.956. The minimum atomic E-state index is 0.0260. The Labute approximate surface area is 84.5 Å². The lowest BCUT2D eigenvalue weighted by atomic mass is 10.1. The molecule has 0 aliphatic heterocycles. The number of hydrogen-bond acceptors (Lipinski definition) is 2. The molecule has 0 fully saturated rings. The first-order valence-corrected chi connectivity index (χ1v) is 4.78. The van der Waals surface area contributed by atoms with E-state index >= 15 is 0 Å². The summed E-state index contributed by atoms with van der Waals surface area (Å²) in [5, 5.41) is 5.63. The first-order chi connectivity index (χ1) is 6.83. The van der Waals surface area contributed by atoms with Gasteiger partial charge in [-0.25, -0.2) is 0 Å². The second-order valence-corrected chi connectivity index (χ2v) is 3.09. The molecule has 1 amide bonds. The third-order valence-corrected chi connectivity index (χ3v) is 2.00. The van der Waals surface area contributed by atoms with E-state index in [0.717, 1.165) is 13.0 Å². The van der Waals surface area contributed by atoms with E-state index < -0.39 is 0 Å². The second kappa shape index (κ2) is 6.16. The minimum absolute atomic E-state index is 0.0260. The highest BCUT2D eigenvalue weighted by molar-refractivity contribution is 5.77. The van der Waals surface area contributed by atoms with E-state index in [0.29, 0.717) is 6.54 Å². The summed E-state index contributed by atoms with van der Waals surface area (Å²) >= 11 is 0. The molecule has 1 aromatic rings. The minimum Gasteiger partial charge on any atom is -0.358 e. The van der Waals surface area contributed by atoms with Crippen LogP contribution in [0, 0.1) is 0 Å². The van der Waals surface area contributed by atoms with Crippen LogP contribution in [-0.2, 0) is 11.2 Å². The molecule has 0 saturated carbocycles. The maximum atomic E-state index is 10.8. The van der Waals surface area contributed by atoms with Crippen LogP contribution in [0.15, 0.2) is 30.3 Å². The fourth-order valence-corrected chi connectivity index (χ4v) is 1.17. The molecule has 1 rings (SSSR count). The molecule has 0 aliphatic carbocycles. The predicted molar refractivity (Wildman–Crippen MR) is 57.1 cm³/mol. The largest absolute Gasteiger partial charge is 0.358 e. The third-order valence-electron chi connectivity index (χ3n) is 2.00. The van der Waals surface area contributed by atoms with Gasteiger partial charge in [0.2, 0.25) is 5.91 Å². The van der Waals surface area contributed by atoms with Gasteiger partial charge in [-0.2, -0.15) is 0 Å². The van der Waals surface area contributed by atoms with Crippen molar-refractivity contribution in [2.45, 2.75) is 6.42 Å². The molecule has 0 unspecified atom stereocenters. The van der Waals surface area contributed by atoms with Crippen LogP contribution in [-0.4, -0.2) is 26.0 Å². The highest BCUT2D eigenvalue weighted by Gasteiger charge is 1.95. The quantitative estimate of drug-likeness (QED) is 0.669. The number of nitrogens with one attached hydrogen (secondary N) is 2. The van der Waals surface area contributed by atoms with Gasteiger partial charge in [-0.3, -0.25) is 4.79 Å². The molecule has 0 spiro atoms. The van der Waals surface area contributed by atoms with Gasteiger partial charge in [0.1, 0.15) is 0 Å². The first kappa shape index (κ1) is 10.7. The Morgan fingerprint density at radius 1 is 1.29 bits per heavy atom. The van der Waals surface area contributed by atoms with Crippen LogP contribution < -0.4 is 10.6 Å². The van der Waals surface area contributed by atoms with Crippen LogP contribution >= 0.6 is 0 Å². The Morgan fingerprint density at radius 2 is 2.00 bits per heavy atom. The molecule has 3 heteroatoms. The number of amides is 1. The fraction of sp³-hybridized carbons (Fsp3) is 0.364. The van der Waals surface area contributed by atoms with Crippen molar-refractivity contribution in [2.75, 3.05) is 20.1 Å². The van der Waals surface area contributed by atoms with Crippen molar-refractivity contribution in [3.05, 3.63) is 35.9 Å². The summed E-state index contributed by atoms with van der Waals surface area (Å²) < 4.78 is 0. The Morgan fingerprint density at radius 3 is 2.64 bits per heavy atom. The third kappa shape index (κ3) is 4.05. The van der Waals surface area contributed by atoms with Crippen molar-refractivity contribution in [2.24, 2.45) is 0 Å². The molecule has 14 heavy (non-hydrogen) atoms. The molecule has 0 heterocycles. The maximum Gasteiger partial charge on any atom is 0.233 e. The molecule has 0 bridgehead atoms. The van der Waals surface area contributed by atoms with Crippen LogP contribution in [0.4, 0.5) is 0 Å². The monoisotopic (exact) mass is 192 g/mol. The maximum absolute atomic E-state index is 10.8. The van der Waals surface area contributed by atoms with Gasteiger partial charge in [-0.1, -0.05) is 30.3 Å². The summed E-state index contributed by atoms with van der Waals surface area (Å²) in [7, 11) is 1.64. The fourth-order valence-electron chi connectivity index (χ4n) is 1.17. The second-order valence-electron chi connectivity index (χ2n) is 3.09. The van der Waals surface area contributed by atoms with E-state index in [1.54, 1.807) is 7.05 Å². The number of likely N-dealkylation sites (N-methyl/N-ethyl adjacent to an activating group) is 1. The van der Waals surface area contributed by atoms with E-state index in [4.69, 9.17) is 0 Å². The van der Waals surface area contributed by atoms with Gasteiger partial charge in [0.15, 0.2) is 0 Å². The number of carbonyl (C=O) groups excluding carboxylic acids is 1. The molecule has 1 aromatic carbocycles. The summed E-state index contributed by atoms with van der Waals surface area (Å²) in [6.45, 7) is 1.22. The number of carbonyl (C=O) groups is 1. The SMILES string of the molecule is CNC(=O)CNCCc1ccccc1. The Balaban J connectivity index is 2.13. The Hall–Kier alpha value is -1.35.